The zero-order valence-electron chi connectivity index (χ0n) is 14.2. The lowest BCUT2D eigenvalue weighted by Crippen LogP contribution is -2.15. The Morgan fingerprint density at radius 2 is 1.92 bits per heavy atom. The molecular formula is C18H18N2O5. The van der Waals surface area contributed by atoms with Gasteiger partial charge in [-0.1, -0.05) is 17.7 Å². The smallest absolute Gasteiger partial charge is 0.342 e. The van der Waals surface area contributed by atoms with E-state index in [2.05, 4.69) is 10.1 Å². The summed E-state index contributed by atoms with van der Waals surface area (Å²) >= 11 is 0. The van der Waals surface area contributed by atoms with Crippen LogP contribution >= 0.6 is 0 Å². The highest BCUT2D eigenvalue weighted by molar-refractivity contribution is 5.98. The normalized spacial score (nSPS) is 10.0. The molecule has 0 atom stereocenters. The Morgan fingerprint density at radius 3 is 2.52 bits per heavy atom. The fraction of sp³-hybridized carbons (Fsp3) is 0.278. The third-order valence-electron chi connectivity index (χ3n) is 3.46. The highest BCUT2D eigenvalue weighted by Crippen LogP contribution is 2.27. The van der Waals surface area contributed by atoms with Gasteiger partial charge in [0.15, 0.2) is 0 Å². The number of carbonyl (C=O) groups is 2. The second-order valence-corrected chi connectivity index (χ2v) is 5.30. The summed E-state index contributed by atoms with van der Waals surface area (Å²) in [5, 5.41) is 11.7. The second kappa shape index (κ2) is 8.02. The van der Waals surface area contributed by atoms with Crippen molar-refractivity contribution in [1.29, 1.82) is 5.26 Å². The van der Waals surface area contributed by atoms with Crippen molar-refractivity contribution in [2.75, 3.05) is 19.0 Å². The van der Waals surface area contributed by atoms with Gasteiger partial charge in [0.2, 0.25) is 11.8 Å². The number of methoxy groups -OCH3 is 1. The number of benzene rings is 1. The van der Waals surface area contributed by atoms with Gasteiger partial charge in [0.05, 0.1) is 20.1 Å². The molecule has 0 spiro atoms. The average Bonchev–Trinajstić information content (AvgIpc) is 2.90. The summed E-state index contributed by atoms with van der Waals surface area (Å²) in [6, 6.07) is 9.31. The van der Waals surface area contributed by atoms with Crippen LogP contribution in [-0.2, 0) is 9.53 Å². The van der Waals surface area contributed by atoms with E-state index < -0.39 is 11.9 Å². The van der Waals surface area contributed by atoms with Crippen LogP contribution in [0.15, 0.2) is 28.7 Å². The molecule has 25 heavy (non-hydrogen) atoms. The predicted octanol–water partition coefficient (Wildman–Crippen LogP) is 2.96. The Hall–Kier alpha value is -3.27. The van der Waals surface area contributed by atoms with Crippen molar-refractivity contribution in [2.45, 2.75) is 20.3 Å². The van der Waals surface area contributed by atoms with Crippen LogP contribution in [0.1, 0.15) is 33.7 Å². The summed E-state index contributed by atoms with van der Waals surface area (Å²) in [4.78, 5) is 23.7. The molecule has 0 radical (unpaired) electrons. The van der Waals surface area contributed by atoms with E-state index in [1.807, 2.05) is 37.3 Å². The molecule has 0 aliphatic heterocycles. The van der Waals surface area contributed by atoms with Crippen LogP contribution in [0.3, 0.4) is 0 Å². The van der Waals surface area contributed by atoms with Crippen molar-refractivity contribution < 1.29 is 23.5 Å². The molecule has 2 rings (SSSR count). The van der Waals surface area contributed by atoms with Crippen LogP contribution in [0.5, 0.6) is 5.75 Å². The van der Waals surface area contributed by atoms with E-state index in [9.17, 15) is 14.9 Å². The minimum atomic E-state index is -0.694. The fourth-order valence-electron chi connectivity index (χ4n) is 2.17. The van der Waals surface area contributed by atoms with E-state index in [1.165, 1.54) is 14.0 Å². The van der Waals surface area contributed by atoms with Gasteiger partial charge in [0.1, 0.15) is 28.7 Å². The van der Waals surface area contributed by atoms with Crippen LogP contribution in [-0.4, -0.2) is 25.6 Å². The van der Waals surface area contributed by atoms with E-state index in [1.54, 1.807) is 0 Å². The summed E-state index contributed by atoms with van der Waals surface area (Å²) in [5.74, 6) is -0.289. The standard InChI is InChI=1S/C18H18N2O5/c1-11-4-6-13(7-5-11)24-9-8-15(21)20-17-14(10-19)16(12(2)25-17)18(22)23-3/h4-7H,8-9H2,1-3H3,(H,20,21). The molecule has 1 heterocycles. The first kappa shape index (κ1) is 18.1. The average molecular weight is 342 g/mol. The number of nitrogens with zero attached hydrogens (tertiary/aromatic N) is 1. The van der Waals surface area contributed by atoms with Gasteiger partial charge in [0.25, 0.3) is 0 Å². The molecule has 0 bridgehead atoms. The maximum atomic E-state index is 12.0. The molecule has 1 aromatic heterocycles. The summed E-state index contributed by atoms with van der Waals surface area (Å²) < 4.78 is 15.4. The number of esters is 1. The molecule has 0 fully saturated rings. The quantitative estimate of drug-likeness (QED) is 0.810. The number of carbonyl (C=O) groups excluding carboxylic acids is 2. The molecule has 1 N–H and O–H groups in total. The summed E-state index contributed by atoms with van der Waals surface area (Å²) in [7, 11) is 1.20. The van der Waals surface area contributed by atoms with Gasteiger partial charge in [-0.25, -0.2) is 4.79 Å². The van der Waals surface area contributed by atoms with E-state index in [0.717, 1.165) is 5.56 Å². The summed E-state index contributed by atoms with van der Waals surface area (Å²) in [6.07, 6.45) is 0.0616. The fourth-order valence-corrected chi connectivity index (χ4v) is 2.17. The molecule has 1 amide bonds. The summed E-state index contributed by atoms with van der Waals surface area (Å²) in [6.45, 7) is 3.65. The maximum Gasteiger partial charge on any atom is 0.342 e. The van der Waals surface area contributed by atoms with Crippen LogP contribution in [0.4, 0.5) is 5.88 Å². The predicted molar refractivity (Wildman–Crippen MR) is 89.4 cm³/mol. The van der Waals surface area contributed by atoms with Crippen molar-refractivity contribution in [3.63, 3.8) is 0 Å². The molecule has 130 valence electrons. The first-order valence-corrected chi connectivity index (χ1v) is 7.57. The van der Waals surface area contributed by atoms with Gasteiger partial charge in [-0.2, -0.15) is 5.26 Å². The van der Waals surface area contributed by atoms with Gasteiger partial charge in [-0.15, -0.1) is 0 Å². The molecule has 7 heteroatoms. The number of nitrogens with one attached hydrogen (secondary N) is 1. The van der Waals surface area contributed by atoms with E-state index in [4.69, 9.17) is 9.15 Å². The lowest BCUT2D eigenvalue weighted by Gasteiger charge is -2.06. The number of ether oxygens (including phenoxy) is 2. The lowest BCUT2D eigenvalue weighted by atomic mass is 10.1. The lowest BCUT2D eigenvalue weighted by molar-refractivity contribution is -0.116. The summed E-state index contributed by atoms with van der Waals surface area (Å²) in [5.41, 5.74) is 1.07. The number of furan rings is 1. The number of rotatable bonds is 6. The van der Waals surface area contributed by atoms with E-state index in [-0.39, 0.29) is 35.8 Å². The Morgan fingerprint density at radius 1 is 1.24 bits per heavy atom. The number of nitriles is 1. The monoisotopic (exact) mass is 342 g/mol. The van der Waals surface area contributed by atoms with Crippen LogP contribution < -0.4 is 10.1 Å². The van der Waals surface area contributed by atoms with Crippen LogP contribution in [0, 0.1) is 25.2 Å². The first-order chi connectivity index (χ1) is 12.0. The molecular weight excluding hydrogens is 324 g/mol. The Kier molecular flexibility index (Phi) is 5.79. The highest BCUT2D eigenvalue weighted by atomic mass is 16.5. The van der Waals surface area contributed by atoms with E-state index >= 15 is 0 Å². The number of hydrogen-bond donors (Lipinski definition) is 1. The van der Waals surface area contributed by atoms with Crippen molar-refractivity contribution in [1.82, 2.24) is 0 Å². The number of anilines is 1. The molecule has 2 aromatic rings. The second-order valence-electron chi connectivity index (χ2n) is 5.30. The molecule has 7 nitrogen and oxygen atoms in total. The molecule has 0 saturated carbocycles. The largest absolute Gasteiger partial charge is 0.493 e. The van der Waals surface area contributed by atoms with Crippen molar-refractivity contribution in [3.8, 4) is 11.8 Å². The van der Waals surface area contributed by atoms with Crippen LogP contribution in [0.2, 0.25) is 0 Å². The van der Waals surface area contributed by atoms with Crippen molar-refractivity contribution in [2.24, 2.45) is 0 Å². The minimum Gasteiger partial charge on any atom is -0.493 e. The SMILES string of the molecule is COC(=O)c1c(C)oc(NC(=O)CCOc2ccc(C)cc2)c1C#N. The van der Waals surface area contributed by atoms with E-state index in [0.29, 0.717) is 5.75 Å². The third-order valence-corrected chi connectivity index (χ3v) is 3.46. The highest BCUT2D eigenvalue weighted by Gasteiger charge is 2.25. The van der Waals surface area contributed by atoms with Crippen molar-refractivity contribution >= 4 is 17.8 Å². The Bertz CT molecular complexity index is 815. The minimum absolute atomic E-state index is 0.0104. The van der Waals surface area contributed by atoms with Crippen LogP contribution in [0.25, 0.3) is 0 Å². The first-order valence-electron chi connectivity index (χ1n) is 7.57. The van der Waals surface area contributed by atoms with Gasteiger partial charge in [-0.05, 0) is 26.0 Å². The molecule has 0 aliphatic carbocycles. The molecule has 0 aliphatic rings. The topological polar surface area (TPSA) is 102 Å². The molecule has 1 aromatic carbocycles. The molecule has 0 saturated heterocycles. The van der Waals surface area contributed by atoms with Gasteiger partial charge >= 0.3 is 5.97 Å². The van der Waals surface area contributed by atoms with Gasteiger partial charge in [-0.3, -0.25) is 10.1 Å². The van der Waals surface area contributed by atoms with Gasteiger partial charge in [0, 0.05) is 0 Å². The number of aryl methyl sites for hydroxylation is 2. The van der Waals surface area contributed by atoms with Crippen molar-refractivity contribution in [3.05, 3.63) is 46.7 Å². The van der Waals surface area contributed by atoms with Gasteiger partial charge < -0.3 is 13.9 Å². The number of hydrogen-bond acceptors (Lipinski definition) is 6. The third kappa shape index (κ3) is 4.38. The zero-order valence-corrected chi connectivity index (χ0v) is 14.2. The molecule has 0 unspecified atom stereocenters. The number of amides is 1. The Balaban J connectivity index is 1.97. The zero-order chi connectivity index (χ0) is 18.4. The maximum absolute atomic E-state index is 12.0. The Labute approximate surface area is 145 Å².